The minimum Gasteiger partial charge on any atom is -0.453 e. The van der Waals surface area contributed by atoms with Gasteiger partial charge >= 0.3 is 6.09 Å². The highest BCUT2D eigenvalue weighted by molar-refractivity contribution is 5.87. The van der Waals surface area contributed by atoms with Crippen LogP contribution in [0.1, 0.15) is 66.7 Å². The van der Waals surface area contributed by atoms with Crippen LogP contribution in [0.2, 0.25) is 0 Å². The van der Waals surface area contributed by atoms with Gasteiger partial charge in [-0.1, -0.05) is 109 Å². The highest BCUT2D eigenvalue weighted by Crippen LogP contribution is 2.35. The van der Waals surface area contributed by atoms with Gasteiger partial charge in [0.2, 0.25) is 11.8 Å². The van der Waals surface area contributed by atoms with Crippen molar-refractivity contribution in [3.05, 3.63) is 144 Å². The lowest BCUT2D eigenvalue weighted by molar-refractivity contribution is -0.137. The predicted octanol–water partition coefficient (Wildman–Crippen LogP) is 7.72. The first-order valence-corrected chi connectivity index (χ1v) is 19.1. The summed E-state index contributed by atoms with van der Waals surface area (Å²) in [4.78, 5) is 61.4. The average Bonchev–Trinajstić information content (AvgIpc) is 4.05. The maximum Gasteiger partial charge on any atom is 0.407 e. The number of nitrogens with zero attached hydrogens (tertiary/aromatic N) is 5. The van der Waals surface area contributed by atoms with Crippen molar-refractivity contribution in [2.24, 2.45) is 0 Å². The van der Waals surface area contributed by atoms with Crippen molar-refractivity contribution in [2.45, 2.75) is 43.9 Å². The first-order chi connectivity index (χ1) is 27.6. The molecule has 0 spiro atoms. The smallest absolute Gasteiger partial charge is 0.407 e. The normalized spacial score (nSPS) is 15.5. The number of hydrogen-bond acceptors (Lipinski definition) is 7. The minimum absolute atomic E-state index is 0.0905. The van der Waals surface area contributed by atoms with Gasteiger partial charge in [-0.3, -0.25) is 14.5 Å². The molecule has 4 atom stereocenters. The van der Waals surface area contributed by atoms with Crippen LogP contribution in [-0.2, 0) is 14.3 Å². The summed E-state index contributed by atoms with van der Waals surface area (Å²) >= 11 is 0. The molecule has 4 aromatic carbocycles. The van der Waals surface area contributed by atoms with Crippen molar-refractivity contribution in [2.75, 3.05) is 34.8 Å². The molecule has 1 aliphatic heterocycles. The Morgan fingerprint density at radius 3 is 1.88 bits per heavy atom. The summed E-state index contributed by atoms with van der Waals surface area (Å²) in [7, 11) is 6.85. The molecule has 0 unspecified atom stereocenters. The van der Waals surface area contributed by atoms with E-state index in [1.54, 1.807) is 30.3 Å². The lowest BCUT2D eigenvalue weighted by atomic mass is 10.0. The van der Waals surface area contributed by atoms with Crippen molar-refractivity contribution < 1.29 is 19.1 Å². The highest BCUT2D eigenvalue weighted by atomic mass is 16.5. The number of hydrogen-bond donors (Lipinski definition) is 3. The Labute approximate surface area is 332 Å². The van der Waals surface area contributed by atoms with Gasteiger partial charge in [0.15, 0.2) is 0 Å². The maximum atomic E-state index is 13.9. The minimum atomic E-state index is -0.916. The second-order valence-electron chi connectivity index (χ2n) is 14.6. The quantitative estimate of drug-likeness (QED) is 0.116. The fourth-order valence-electron chi connectivity index (χ4n) is 7.49. The van der Waals surface area contributed by atoms with E-state index in [9.17, 15) is 14.4 Å². The number of ether oxygens (including phenoxy) is 1. The number of H-pyrrole nitrogens is 2. The van der Waals surface area contributed by atoms with Crippen LogP contribution >= 0.6 is 0 Å². The number of imidazole rings is 2. The molecule has 1 fully saturated rings. The van der Waals surface area contributed by atoms with Crippen LogP contribution < -0.4 is 5.32 Å². The first-order valence-electron chi connectivity index (χ1n) is 19.1. The number of carbonyl (C=O) groups is 3. The van der Waals surface area contributed by atoms with E-state index in [0.717, 1.165) is 57.9 Å². The molecule has 1 aliphatic rings. The van der Waals surface area contributed by atoms with Gasteiger partial charge in [-0.25, -0.2) is 14.8 Å². The first kappa shape index (κ1) is 38.7. The molecule has 0 radical (unpaired) electrons. The highest BCUT2D eigenvalue weighted by Gasteiger charge is 2.37. The molecule has 6 aromatic rings. The molecule has 0 saturated carbocycles. The molecule has 7 rings (SSSR count). The van der Waals surface area contributed by atoms with Gasteiger partial charge in [0.1, 0.15) is 23.7 Å². The molecule has 2 aromatic heterocycles. The zero-order valence-electron chi connectivity index (χ0n) is 32.8. The second kappa shape index (κ2) is 17.1. The number of rotatable bonds is 12. The number of amides is 3. The molecule has 292 valence electrons. The maximum absolute atomic E-state index is 13.9. The summed E-state index contributed by atoms with van der Waals surface area (Å²) in [5.41, 5.74) is 7.46. The standard InChI is InChI=1S/C45H48N8O4/c1-29(52(4)43(54)39(50-45(56)57-5)34-13-8-6-9-14-34)41-46-27-36(48-41)32-22-18-30(19-23-32)31-20-24-33(25-21-31)37-28-47-42(49-37)38-17-12-26-53(38)44(55)40(51(2)3)35-15-10-7-11-16-35/h6-11,13-16,18-25,27-29,38-40H,12,17,26H2,1-5H3,(H,46,48)(H,47,49)(H,50,56)/t29-,38+,39+,40+/m0/s1. The Hall–Kier alpha value is -6.53. The number of alkyl carbamates (subject to hydrolysis) is 1. The van der Waals surface area contributed by atoms with Crippen molar-refractivity contribution in [3.8, 4) is 33.6 Å². The number of likely N-dealkylation sites (tertiary alicyclic amines) is 1. The Balaban J connectivity index is 1.00. The Morgan fingerprint density at radius 2 is 1.30 bits per heavy atom. The van der Waals surface area contributed by atoms with Gasteiger partial charge in [0, 0.05) is 13.6 Å². The van der Waals surface area contributed by atoms with Crippen LogP contribution in [-0.4, -0.2) is 87.3 Å². The molecule has 3 N–H and O–H groups in total. The van der Waals surface area contributed by atoms with Crippen molar-refractivity contribution in [3.63, 3.8) is 0 Å². The summed E-state index contributed by atoms with van der Waals surface area (Å²) in [5.74, 6) is 1.21. The number of likely N-dealkylation sites (N-methyl/N-ethyl adjacent to an activating group) is 2. The molecule has 3 amide bonds. The summed E-state index contributed by atoms with van der Waals surface area (Å²) in [6.45, 7) is 2.59. The van der Waals surface area contributed by atoms with Crippen LogP contribution in [0, 0.1) is 0 Å². The largest absolute Gasteiger partial charge is 0.453 e. The number of carbonyl (C=O) groups excluding carboxylic acids is 3. The second-order valence-corrected chi connectivity index (χ2v) is 14.6. The Morgan fingerprint density at radius 1 is 0.754 bits per heavy atom. The van der Waals surface area contributed by atoms with Crippen molar-refractivity contribution in [1.82, 2.24) is 40.0 Å². The van der Waals surface area contributed by atoms with Gasteiger partial charge in [0.25, 0.3) is 0 Å². The zero-order valence-corrected chi connectivity index (χ0v) is 32.8. The van der Waals surface area contributed by atoms with E-state index in [4.69, 9.17) is 9.72 Å². The van der Waals surface area contributed by atoms with Crippen LogP contribution in [0.5, 0.6) is 0 Å². The Kier molecular flexibility index (Phi) is 11.6. The third-order valence-electron chi connectivity index (χ3n) is 10.8. The monoisotopic (exact) mass is 764 g/mol. The summed E-state index contributed by atoms with van der Waals surface area (Å²) < 4.78 is 4.78. The molecular weight excluding hydrogens is 717 g/mol. The third kappa shape index (κ3) is 8.36. The molecular formula is C45H48N8O4. The molecule has 12 heteroatoms. The van der Waals surface area contributed by atoms with Gasteiger partial charge < -0.3 is 29.8 Å². The van der Waals surface area contributed by atoms with Crippen LogP contribution in [0.25, 0.3) is 33.6 Å². The zero-order chi connectivity index (χ0) is 40.1. The fourth-order valence-corrected chi connectivity index (χ4v) is 7.49. The summed E-state index contributed by atoms with van der Waals surface area (Å²) in [6, 6.07) is 33.8. The van der Waals surface area contributed by atoms with Gasteiger partial charge in [-0.15, -0.1) is 0 Å². The predicted molar refractivity (Wildman–Crippen MR) is 220 cm³/mol. The van der Waals surface area contributed by atoms with Crippen LogP contribution in [0.15, 0.2) is 122 Å². The molecule has 0 aliphatic carbocycles. The average molecular weight is 765 g/mol. The van der Waals surface area contributed by atoms with E-state index in [2.05, 4.69) is 56.7 Å². The topological polar surface area (TPSA) is 140 Å². The van der Waals surface area contributed by atoms with E-state index in [1.807, 2.05) is 97.7 Å². The lowest BCUT2D eigenvalue weighted by Crippen LogP contribution is -2.42. The number of methoxy groups -OCH3 is 1. The summed E-state index contributed by atoms with van der Waals surface area (Å²) in [5, 5.41) is 2.66. The van der Waals surface area contributed by atoms with Gasteiger partial charge in [-0.05, 0) is 67.2 Å². The van der Waals surface area contributed by atoms with Crippen LogP contribution in [0.3, 0.4) is 0 Å². The number of benzene rings is 4. The van der Waals surface area contributed by atoms with E-state index in [1.165, 1.54) is 7.11 Å². The van der Waals surface area contributed by atoms with E-state index < -0.39 is 18.2 Å². The molecule has 1 saturated heterocycles. The van der Waals surface area contributed by atoms with Gasteiger partial charge in [-0.2, -0.15) is 0 Å². The lowest BCUT2D eigenvalue weighted by Gasteiger charge is -2.31. The number of nitrogens with one attached hydrogen (secondary N) is 3. The molecule has 12 nitrogen and oxygen atoms in total. The number of aromatic nitrogens is 4. The van der Waals surface area contributed by atoms with Crippen molar-refractivity contribution in [1.29, 1.82) is 0 Å². The van der Waals surface area contributed by atoms with Crippen LogP contribution in [0.4, 0.5) is 4.79 Å². The fraction of sp³-hybridized carbons (Fsp3) is 0.267. The van der Waals surface area contributed by atoms with E-state index >= 15 is 0 Å². The molecule has 3 heterocycles. The van der Waals surface area contributed by atoms with E-state index in [0.29, 0.717) is 17.9 Å². The van der Waals surface area contributed by atoms with E-state index in [-0.39, 0.29) is 23.9 Å². The molecule has 0 bridgehead atoms. The Bertz CT molecular complexity index is 2290. The molecule has 57 heavy (non-hydrogen) atoms. The number of aromatic amines is 2. The third-order valence-corrected chi connectivity index (χ3v) is 10.8. The van der Waals surface area contributed by atoms with Crippen molar-refractivity contribution >= 4 is 17.9 Å². The summed E-state index contributed by atoms with van der Waals surface area (Å²) in [6.07, 6.45) is 4.72. The SMILES string of the molecule is COC(=O)N[C@@H](C(=O)N(C)[C@@H](C)c1ncc(-c2ccc(-c3ccc(-c4cnc([C@H]5CCCN5C(=O)[C@@H](c5ccccc5)N(C)C)[nH]4)cc3)cc2)[nH]1)c1ccccc1. The van der Waals surface area contributed by atoms with Gasteiger partial charge in [0.05, 0.1) is 43.0 Å².